The first-order valence-corrected chi connectivity index (χ1v) is 6.80. The Morgan fingerprint density at radius 2 is 2.00 bits per heavy atom. The Kier molecular flexibility index (Phi) is 3.26. The minimum Gasteiger partial charge on any atom is -0.331 e. The van der Waals surface area contributed by atoms with Gasteiger partial charge in [-0.05, 0) is 30.0 Å². The van der Waals surface area contributed by atoms with Gasteiger partial charge in [-0.15, -0.1) is 0 Å². The van der Waals surface area contributed by atoms with Crippen LogP contribution in [0.5, 0.6) is 0 Å². The fraction of sp³-hybridized carbons (Fsp3) is 0.500. The maximum Gasteiger partial charge on any atom is 0.257 e. The van der Waals surface area contributed by atoms with Crippen molar-refractivity contribution in [1.82, 2.24) is 4.90 Å². The van der Waals surface area contributed by atoms with E-state index in [2.05, 4.69) is 36.7 Å². The molecule has 0 fully saturated rings. The first-order chi connectivity index (χ1) is 8.21. The van der Waals surface area contributed by atoms with E-state index in [4.69, 9.17) is 0 Å². The predicted octanol–water partition coefficient (Wildman–Crippen LogP) is 3.98. The summed E-state index contributed by atoms with van der Waals surface area (Å²) in [7, 11) is 0. The zero-order valence-corrected chi connectivity index (χ0v) is 12.6. The van der Waals surface area contributed by atoms with Crippen molar-refractivity contribution < 1.29 is 9.18 Å². The van der Waals surface area contributed by atoms with Crippen LogP contribution in [0, 0.1) is 11.2 Å². The highest BCUT2D eigenvalue weighted by Gasteiger charge is 2.37. The summed E-state index contributed by atoms with van der Waals surface area (Å²) < 4.78 is 14.5. The van der Waals surface area contributed by atoms with Gasteiger partial charge in [-0.3, -0.25) is 4.79 Å². The van der Waals surface area contributed by atoms with E-state index < -0.39 is 5.82 Å². The van der Waals surface area contributed by atoms with E-state index in [0.717, 1.165) is 5.56 Å². The molecule has 1 aromatic carbocycles. The highest BCUT2D eigenvalue weighted by molar-refractivity contribution is 9.10. The summed E-state index contributed by atoms with van der Waals surface area (Å²) in [4.78, 5) is 14.0. The number of carbonyl (C=O) groups is 1. The van der Waals surface area contributed by atoms with E-state index in [1.807, 2.05) is 13.0 Å². The molecule has 1 amide bonds. The van der Waals surface area contributed by atoms with Crippen molar-refractivity contribution in [3.8, 4) is 0 Å². The van der Waals surface area contributed by atoms with Gasteiger partial charge < -0.3 is 4.90 Å². The van der Waals surface area contributed by atoms with Gasteiger partial charge in [0.2, 0.25) is 0 Å². The van der Waals surface area contributed by atoms with Gasteiger partial charge in [-0.2, -0.15) is 0 Å². The molecule has 0 radical (unpaired) electrons. The van der Waals surface area contributed by atoms with Crippen LogP contribution in [-0.4, -0.2) is 16.8 Å². The van der Waals surface area contributed by atoms with Gasteiger partial charge in [0.1, 0.15) is 5.82 Å². The number of hydrogen-bond donors (Lipinski definition) is 0. The summed E-state index contributed by atoms with van der Waals surface area (Å²) in [5, 5.41) is 0. The number of rotatable bonds is 1. The van der Waals surface area contributed by atoms with Crippen molar-refractivity contribution in [1.29, 1.82) is 0 Å². The molecule has 0 bridgehead atoms. The molecule has 1 atom stereocenters. The molecule has 0 spiro atoms. The molecule has 98 valence electrons. The minimum atomic E-state index is -0.437. The van der Waals surface area contributed by atoms with Crippen LogP contribution in [0.4, 0.5) is 4.39 Å². The van der Waals surface area contributed by atoms with E-state index in [1.165, 1.54) is 6.07 Å². The number of fused-ring (bicyclic) bond motifs is 1. The third-order valence-electron chi connectivity index (χ3n) is 3.67. The molecular weight excluding hydrogens is 297 g/mol. The highest BCUT2D eigenvalue weighted by Crippen LogP contribution is 2.34. The first-order valence-electron chi connectivity index (χ1n) is 6.00. The summed E-state index contributed by atoms with van der Waals surface area (Å²) >= 11 is 3.26. The Bertz CT molecular complexity index is 507. The number of benzene rings is 1. The SMILES string of the molecule is CC(N1Cc2cc(Br)cc(F)c2C1=O)C(C)(C)C. The zero-order chi connectivity index (χ0) is 13.7. The summed E-state index contributed by atoms with van der Waals surface area (Å²) in [6.07, 6.45) is 0. The Hall–Kier alpha value is -0.900. The topological polar surface area (TPSA) is 20.3 Å². The van der Waals surface area contributed by atoms with Gasteiger partial charge in [0.15, 0.2) is 0 Å². The monoisotopic (exact) mass is 313 g/mol. The average Bonchev–Trinajstić information content (AvgIpc) is 2.53. The number of amides is 1. The lowest BCUT2D eigenvalue weighted by molar-refractivity contribution is 0.0576. The Morgan fingerprint density at radius 1 is 1.39 bits per heavy atom. The molecule has 1 heterocycles. The van der Waals surface area contributed by atoms with Gasteiger partial charge in [0.25, 0.3) is 5.91 Å². The standard InChI is InChI=1S/C14H17BrFNO/c1-8(14(2,3)4)17-7-9-5-10(15)6-11(16)12(9)13(17)18/h5-6,8H,7H2,1-4H3. The molecule has 1 aromatic rings. The van der Waals surface area contributed by atoms with Gasteiger partial charge in [-0.1, -0.05) is 36.7 Å². The van der Waals surface area contributed by atoms with Crippen LogP contribution >= 0.6 is 15.9 Å². The average molecular weight is 314 g/mol. The molecule has 0 saturated carbocycles. The zero-order valence-electron chi connectivity index (χ0n) is 11.1. The van der Waals surface area contributed by atoms with Crippen LogP contribution in [0.3, 0.4) is 0 Å². The number of nitrogens with zero attached hydrogens (tertiary/aromatic N) is 1. The second kappa shape index (κ2) is 4.34. The molecule has 0 saturated heterocycles. The quantitative estimate of drug-likeness (QED) is 0.768. The Balaban J connectivity index is 2.40. The van der Waals surface area contributed by atoms with Crippen molar-refractivity contribution in [2.75, 3.05) is 0 Å². The van der Waals surface area contributed by atoms with Gasteiger partial charge in [-0.25, -0.2) is 4.39 Å². The minimum absolute atomic E-state index is 0.0224. The molecule has 1 aliphatic heterocycles. The van der Waals surface area contributed by atoms with Crippen LogP contribution in [0.1, 0.15) is 43.6 Å². The largest absolute Gasteiger partial charge is 0.331 e. The second-order valence-electron chi connectivity index (χ2n) is 5.90. The van der Waals surface area contributed by atoms with Crippen molar-refractivity contribution in [2.45, 2.75) is 40.3 Å². The number of carbonyl (C=O) groups excluding carboxylic acids is 1. The van der Waals surface area contributed by atoms with Crippen LogP contribution in [0.25, 0.3) is 0 Å². The van der Waals surface area contributed by atoms with Crippen LogP contribution < -0.4 is 0 Å². The van der Waals surface area contributed by atoms with E-state index in [0.29, 0.717) is 11.0 Å². The van der Waals surface area contributed by atoms with E-state index >= 15 is 0 Å². The van der Waals surface area contributed by atoms with Crippen LogP contribution in [-0.2, 0) is 6.54 Å². The third-order valence-corrected chi connectivity index (χ3v) is 4.13. The van der Waals surface area contributed by atoms with E-state index in [1.54, 1.807) is 4.90 Å². The Labute approximate surface area is 115 Å². The van der Waals surface area contributed by atoms with Gasteiger partial charge >= 0.3 is 0 Å². The first kappa shape index (κ1) is 13.5. The van der Waals surface area contributed by atoms with Crippen molar-refractivity contribution in [3.05, 3.63) is 33.5 Å². The molecule has 1 aliphatic rings. The van der Waals surface area contributed by atoms with Crippen LogP contribution in [0.15, 0.2) is 16.6 Å². The second-order valence-corrected chi connectivity index (χ2v) is 6.81. The molecular formula is C14H17BrFNO. The lowest BCUT2D eigenvalue weighted by Crippen LogP contribution is -2.42. The maximum absolute atomic E-state index is 13.9. The highest BCUT2D eigenvalue weighted by atomic mass is 79.9. The van der Waals surface area contributed by atoms with Gasteiger partial charge in [0.05, 0.1) is 5.56 Å². The van der Waals surface area contributed by atoms with Crippen molar-refractivity contribution >= 4 is 21.8 Å². The fourth-order valence-corrected chi connectivity index (χ4v) is 2.65. The lowest BCUT2D eigenvalue weighted by atomic mass is 9.87. The predicted molar refractivity (Wildman–Crippen MR) is 72.9 cm³/mol. The fourth-order valence-electron chi connectivity index (χ4n) is 2.17. The van der Waals surface area contributed by atoms with Crippen molar-refractivity contribution in [2.24, 2.45) is 5.41 Å². The lowest BCUT2D eigenvalue weighted by Gasteiger charge is -2.35. The maximum atomic E-state index is 13.9. The number of halogens is 2. The van der Waals surface area contributed by atoms with Crippen molar-refractivity contribution in [3.63, 3.8) is 0 Å². The number of hydrogen-bond acceptors (Lipinski definition) is 1. The molecule has 0 N–H and O–H groups in total. The molecule has 2 rings (SSSR count). The Morgan fingerprint density at radius 3 is 2.56 bits per heavy atom. The molecule has 0 aromatic heterocycles. The smallest absolute Gasteiger partial charge is 0.257 e. The summed E-state index contributed by atoms with van der Waals surface area (Å²) in [6.45, 7) is 8.75. The van der Waals surface area contributed by atoms with E-state index in [9.17, 15) is 9.18 Å². The molecule has 18 heavy (non-hydrogen) atoms. The summed E-state index contributed by atoms with van der Waals surface area (Å²) in [5.74, 6) is -0.634. The molecule has 0 aliphatic carbocycles. The summed E-state index contributed by atoms with van der Waals surface area (Å²) in [6, 6.07) is 3.24. The molecule has 1 unspecified atom stereocenters. The van der Waals surface area contributed by atoms with Gasteiger partial charge in [0, 0.05) is 17.1 Å². The third kappa shape index (κ3) is 2.18. The molecule has 2 nitrogen and oxygen atoms in total. The van der Waals surface area contributed by atoms with Crippen LogP contribution in [0.2, 0.25) is 0 Å². The van der Waals surface area contributed by atoms with E-state index in [-0.39, 0.29) is 22.9 Å². The molecule has 4 heteroatoms. The normalized spacial score (nSPS) is 17.0. The summed E-state index contributed by atoms with van der Waals surface area (Å²) in [5.41, 5.74) is 0.975.